The van der Waals surface area contributed by atoms with Crippen molar-refractivity contribution in [2.75, 3.05) is 26.9 Å². The zero-order valence-electron chi connectivity index (χ0n) is 11.0. The number of hydrogen-bond donors (Lipinski definition) is 1. The number of fused-ring (bicyclic) bond motifs is 1. The van der Waals surface area contributed by atoms with Gasteiger partial charge in [0.2, 0.25) is 0 Å². The van der Waals surface area contributed by atoms with Crippen molar-refractivity contribution in [2.24, 2.45) is 0 Å². The van der Waals surface area contributed by atoms with Crippen LogP contribution in [0.25, 0.3) is 0 Å². The second-order valence-corrected chi connectivity index (χ2v) is 4.51. The van der Waals surface area contributed by atoms with E-state index in [0.29, 0.717) is 25.4 Å². The summed E-state index contributed by atoms with van der Waals surface area (Å²) in [6.07, 6.45) is 1.66. The van der Waals surface area contributed by atoms with Gasteiger partial charge in [-0.15, -0.1) is 0 Å². The molecular weight excluding hydrogens is 233 g/mol. The Morgan fingerprint density at radius 1 is 1.50 bits per heavy atom. The average molecular weight is 253 g/mol. The lowest BCUT2D eigenvalue weighted by Gasteiger charge is -2.19. The minimum Gasteiger partial charge on any atom is -0.497 e. The molecule has 1 aliphatic heterocycles. The van der Waals surface area contributed by atoms with E-state index in [1.54, 1.807) is 7.11 Å². The maximum absolute atomic E-state index is 14.0. The molecular formula is C14H20FNO2. The molecule has 4 heteroatoms. The van der Waals surface area contributed by atoms with Gasteiger partial charge in [0.1, 0.15) is 11.6 Å². The SMILES string of the molecule is CCCNC1COCCc2c(F)cc(OC)cc21. The number of benzene rings is 1. The van der Waals surface area contributed by atoms with Gasteiger partial charge >= 0.3 is 0 Å². The van der Waals surface area contributed by atoms with Gasteiger partial charge in [-0.25, -0.2) is 4.39 Å². The summed E-state index contributed by atoms with van der Waals surface area (Å²) in [6.45, 7) is 4.16. The van der Waals surface area contributed by atoms with Crippen molar-refractivity contribution in [3.05, 3.63) is 29.1 Å². The van der Waals surface area contributed by atoms with E-state index in [9.17, 15) is 4.39 Å². The highest BCUT2D eigenvalue weighted by Crippen LogP contribution is 2.29. The summed E-state index contributed by atoms with van der Waals surface area (Å²) in [5, 5.41) is 3.40. The Bertz CT molecular complexity index is 409. The fraction of sp³-hybridized carbons (Fsp3) is 0.571. The van der Waals surface area contributed by atoms with E-state index in [0.717, 1.165) is 24.1 Å². The number of rotatable bonds is 4. The van der Waals surface area contributed by atoms with Gasteiger partial charge in [0.25, 0.3) is 0 Å². The maximum Gasteiger partial charge on any atom is 0.130 e. The van der Waals surface area contributed by atoms with Crippen LogP contribution in [0.2, 0.25) is 0 Å². The molecule has 2 rings (SSSR count). The van der Waals surface area contributed by atoms with Gasteiger partial charge in [-0.05, 0) is 36.6 Å². The first-order valence-corrected chi connectivity index (χ1v) is 6.43. The Labute approximate surface area is 107 Å². The Morgan fingerprint density at radius 2 is 2.33 bits per heavy atom. The molecule has 0 spiro atoms. The second kappa shape index (κ2) is 6.16. The molecule has 0 fully saturated rings. The Kier molecular flexibility index (Phi) is 4.55. The first kappa shape index (κ1) is 13.3. The Balaban J connectivity index is 2.35. The molecule has 18 heavy (non-hydrogen) atoms. The number of ether oxygens (including phenoxy) is 2. The highest BCUT2D eigenvalue weighted by molar-refractivity contribution is 5.39. The van der Waals surface area contributed by atoms with Gasteiger partial charge in [0.15, 0.2) is 0 Å². The zero-order chi connectivity index (χ0) is 13.0. The Morgan fingerprint density at radius 3 is 3.06 bits per heavy atom. The molecule has 0 saturated carbocycles. The minimum atomic E-state index is -0.196. The van der Waals surface area contributed by atoms with E-state index in [1.165, 1.54) is 6.07 Å². The molecule has 1 aromatic carbocycles. The predicted molar refractivity (Wildman–Crippen MR) is 68.5 cm³/mol. The van der Waals surface area contributed by atoms with Crippen LogP contribution in [-0.2, 0) is 11.2 Å². The average Bonchev–Trinajstić information content (AvgIpc) is 2.59. The highest BCUT2D eigenvalue weighted by atomic mass is 19.1. The van der Waals surface area contributed by atoms with Gasteiger partial charge in [-0.2, -0.15) is 0 Å². The van der Waals surface area contributed by atoms with Crippen molar-refractivity contribution in [1.29, 1.82) is 0 Å². The van der Waals surface area contributed by atoms with Gasteiger partial charge in [-0.1, -0.05) is 6.92 Å². The van der Waals surface area contributed by atoms with Crippen LogP contribution in [0.5, 0.6) is 5.75 Å². The number of nitrogens with one attached hydrogen (secondary N) is 1. The summed E-state index contributed by atoms with van der Waals surface area (Å²) in [6, 6.07) is 3.41. The third-order valence-electron chi connectivity index (χ3n) is 3.24. The van der Waals surface area contributed by atoms with Gasteiger partial charge in [0, 0.05) is 6.07 Å². The molecule has 0 aromatic heterocycles. The largest absolute Gasteiger partial charge is 0.497 e. The van der Waals surface area contributed by atoms with Crippen LogP contribution in [0.4, 0.5) is 4.39 Å². The number of hydrogen-bond acceptors (Lipinski definition) is 3. The van der Waals surface area contributed by atoms with E-state index in [-0.39, 0.29) is 11.9 Å². The maximum atomic E-state index is 14.0. The summed E-state index contributed by atoms with van der Waals surface area (Å²) in [4.78, 5) is 0. The molecule has 0 aliphatic carbocycles. The van der Waals surface area contributed by atoms with Crippen molar-refractivity contribution >= 4 is 0 Å². The topological polar surface area (TPSA) is 30.5 Å². The van der Waals surface area contributed by atoms with E-state index in [2.05, 4.69) is 12.2 Å². The molecule has 0 amide bonds. The molecule has 1 atom stereocenters. The summed E-state index contributed by atoms with van der Waals surface area (Å²) in [5.74, 6) is 0.370. The third-order valence-corrected chi connectivity index (χ3v) is 3.24. The molecule has 1 N–H and O–H groups in total. The lowest BCUT2D eigenvalue weighted by Crippen LogP contribution is -2.26. The Hall–Kier alpha value is -1.13. The van der Waals surface area contributed by atoms with E-state index in [1.807, 2.05) is 6.07 Å². The van der Waals surface area contributed by atoms with Gasteiger partial charge in [-0.3, -0.25) is 0 Å². The van der Waals surface area contributed by atoms with E-state index in [4.69, 9.17) is 9.47 Å². The third kappa shape index (κ3) is 2.82. The predicted octanol–water partition coefficient (Wildman–Crippen LogP) is 2.45. The van der Waals surface area contributed by atoms with Crippen LogP contribution in [0, 0.1) is 5.82 Å². The zero-order valence-corrected chi connectivity index (χ0v) is 11.0. The molecule has 1 unspecified atom stereocenters. The van der Waals surface area contributed by atoms with Gasteiger partial charge in [0.05, 0.1) is 26.4 Å². The fourth-order valence-corrected chi connectivity index (χ4v) is 2.28. The van der Waals surface area contributed by atoms with E-state index < -0.39 is 0 Å². The van der Waals surface area contributed by atoms with Crippen molar-refractivity contribution in [3.63, 3.8) is 0 Å². The highest BCUT2D eigenvalue weighted by Gasteiger charge is 2.22. The second-order valence-electron chi connectivity index (χ2n) is 4.51. The molecule has 0 radical (unpaired) electrons. The summed E-state index contributed by atoms with van der Waals surface area (Å²) >= 11 is 0. The van der Waals surface area contributed by atoms with Crippen LogP contribution in [-0.4, -0.2) is 26.9 Å². The minimum absolute atomic E-state index is 0.0482. The molecule has 3 nitrogen and oxygen atoms in total. The first-order valence-electron chi connectivity index (χ1n) is 6.43. The summed E-state index contributed by atoms with van der Waals surface area (Å²) in [5.41, 5.74) is 1.72. The van der Waals surface area contributed by atoms with Crippen LogP contribution >= 0.6 is 0 Å². The molecule has 0 bridgehead atoms. The van der Waals surface area contributed by atoms with Crippen LogP contribution in [0.3, 0.4) is 0 Å². The lowest BCUT2D eigenvalue weighted by molar-refractivity contribution is 0.121. The first-order chi connectivity index (χ1) is 8.76. The van der Waals surface area contributed by atoms with E-state index >= 15 is 0 Å². The number of halogens is 1. The molecule has 1 aliphatic rings. The molecule has 100 valence electrons. The summed E-state index contributed by atoms with van der Waals surface area (Å²) < 4.78 is 24.7. The molecule has 1 aromatic rings. The monoisotopic (exact) mass is 253 g/mol. The lowest BCUT2D eigenvalue weighted by atomic mass is 9.98. The van der Waals surface area contributed by atoms with Crippen LogP contribution in [0.15, 0.2) is 12.1 Å². The van der Waals surface area contributed by atoms with Crippen molar-refractivity contribution < 1.29 is 13.9 Å². The van der Waals surface area contributed by atoms with Gasteiger partial charge < -0.3 is 14.8 Å². The van der Waals surface area contributed by atoms with Crippen molar-refractivity contribution in [1.82, 2.24) is 5.32 Å². The smallest absolute Gasteiger partial charge is 0.130 e. The normalized spacial score (nSPS) is 19.2. The van der Waals surface area contributed by atoms with Crippen molar-refractivity contribution in [3.8, 4) is 5.75 Å². The standard InChI is InChI=1S/C14H20FNO2/c1-3-5-16-14-9-18-6-4-11-12(14)7-10(17-2)8-13(11)15/h7-8,14,16H,3-6,9H2,1-2H3. The molecule has 1 heterocycles. The fourth-order valence-electron chi connectivity index (χ4n) is 2.28. The quantitative estimate of drug-likeness (QED) is 0.894. The molecule has 0 saturated heterocycles. The van der Waals surface area contributed by atoms with Crippen LogP contribution in [0.1, 0.15) is 30.5 Å². The van der Waals surface area contributed by atoms with Crippen molar-refractivity contribution in [2.45, 2.75) is 25.8 Å². The van der Waals surface area contributed by atoms with Crippen LogP contribution < -0.4 is 10.1 Å². The number of methoxy groups -OCH3 is 1. The summed E-state index contributed by atoms with van der Waals surface area (Å²) in [7, 11) is 1.56.